The lowest BCUT2D eigenvalue weighted by Crippen LogP contribution is -2.33. The molecule has 44 heavy (non-hydrogen) atoms. The van der Waals surface area contributed by atoms with Crippen LogP contribution >= 0.6 is 11.3 Å². The Kier molecular flexibility index (Phi) is 10.4. The number of rotatable bonds is 14. The van der Waals surface area contributed by atoms with Crippen molar-refractivity contribution in [2.24, 2.45) is 0 Å². The van der Waals surface area contributed by atoms with Gasteiger partial charge in [0.25, 0.3) is 0 Å². The standard InChI is InChI=1S/C36H34F2N2O3S/c1-2-42-34(41)36(37,38)23-28-17-19-32(20-18-28)43-25-30-15-13-29(14-16-30)24-40(22-21-27-9-5-3-6-10-27)35-39-33(26-44-35)31-11-7-4-8-12-31/h3-20,26H,2,21-25H2,1H3. The number of ether oxygens (including phenoxy) is 2. The fourth-order valence-corrected chi connectivity index (χ4v) is 5.56. The molecule has 0 amide bonds. The highest BCUT2D eigenvalue weighted by molar-refractivity contribution is 7.14. The van der Waals surface area contributed by atoms with Crippen LogP contribution in [0.2, 0.25) is 0 Å². The first kappa shape index (κ1) is 30.9. The van der Waals surface area contributed by atoms with Gasteiger partial charge in [-0.05, 0) is 47.7 Å². The fourth-order valence-electron chi connectivity index (χ4n) is 4.70. The molecule has 8 heteroatoms. The first-order chi connectivity index (χ1) is 21.4. The third-order valence-corrected chi connectivity index (χ3v) is 7.97. The average Bonchev–Trinajstić information content (AvgIpc) is 3.55. The van der Waals surface area contributed by atoms with E-state index < -0.39 is 18.3 Å². The van der Waals surface area contributed by atoms with Gasteiger partial charge in [0.1, 0.15) is 12.4 Å². The van der Waals surface area contributed by atoms with Gasteiger partial charge in [0.15, 0.2) is 5.13 Å². The molecular formula is C36H34F2N2O3S. The summed E-state index contributed by atoms with van der Waals surface area (Å²) in [4.78, 5) is 18.8. The smallest absolute Gasteiger partial charge is 0.377 e. The van der Waals surface area contributed by atoms with E-state index in [-0.39, 0.29) is 6.61 Å². The molecular weight excluding hydrogens is 578 g/mol. The second kappa shape index (κ2) is 14.8. The van der Waals surface area contributed by atoms with Gasteiger partial charge in [-0.3, -0.25) is 0 Å². The van der Waals surface area contributed by atoms with Crippen LogP contribution in [-0.2, 0) is 35.5 Å². The van der Waals surface area contributed by atoms with Crippen LogP contribution in [0.25, 0.3) is 11.3 Å². The molecule has 0 aliphatic heterocycles. The van der Waals surface area contributed by atoms with Crippen LogP contribution in [0.1, 0.15) is 29.2 Å². The van der Waals surface area contributed by atoms with Gasteiger partial charge in [0.2, 0.25) is 0 Å². The van der Waals surface area contributed by atoms with Gasteiger partial charge in [-0.15, -0.1) is 11.3 Å². The summed E-state index contributed by atoms with van der Waals surface area (Å²) in [6.45, 7) is 3.30. The SMILES string of the molecule is CCOC(=O)C(F)(F)Cc1ccc(OCc2ccc(CN(CCc3ccccc3)c3nc(-c4ccccc4)cs3)cc2)cc1. The number of hydrogen-bond acceptors (Lipinski definition) is 6. The summed E-state index contributed by atoms with van der Waals surface area (Å²) in [5, 5.41) is 3.09. The zero-order chi connectivity index (χ0) is 30.8. The van der Waals surface area contributed by atoms with E-state index in [0.29, 0.717) is 24.5 Å². The molecule has 0 saturated heterocycles. The predicted molar refractivity (Wildman–Crippen MR) is 171 cm³/mol. The number of hydrogen-bond donors (Lipinski definition) is 0. The van der Waals surface area contributed by atoms with Crippen LogP contribution in [0.4, 0.5) is 13.9 Å². The van der Waals surface area contributed by atoms with Gasteiger partial charge < -0.3 is 14.4 Å². The van der Waals surface area contributed by atoms with Crippen LogP contribution in [0.15, 0.2) is 115 Å². The molecule has 1 aromatic heterocycles. The van der Waals surface area contributed by atoms with Crippen molar-refractivity contribution in [3.05, 3.63) is 137 Å². The van der Waals surface area contributed by atoms with Gasteiger partial charge in [-0.25, -0.2) is 9.78 Å². The van der Waals surface area contributed by atoms with Crippen molar-refractivity contribution in [3.8, 4) is 17.0 Å². The molecule has 226 valence electrons. The molecule has 5 aromatic rings. The van der Waals surface area contributed by atoms with Gasteiger partial charge in [0, 0.05) is 30.5 Å². The summed E-state index contributed by atoms with van der Waals surface area (Å²) in [5.74, 6) is -4.52. The summed E-state index contributed by atoms with van der Waals surface area (Å²) >= 11 is 1.65. The molecule has 0 saturated carbocycles. The molecule has 5 rings (SSSR count). The van der Waals surface area contributed by atoms with Crippen molar-refractivity contribution in [3.63, 3.8) is 0 Å². The van der Waals surface area contributed by atoms with E-state index in [0.717, 1.165) is 40.5 Å². The van der Waals surface area contributed by atoms with Gasteiger partial charge in [0.05, 0.1) is 12.3 Å². The Morgan fingerprint density at radius 2 is 1.45 bits per heavy atom. The molecule has 0 radical (unpaired) electrons. The Hall–Kier alpha value is -4.56. The fraction of sp³-hybridized carbons (Fsp3) is 0.222. The summed E-state index contributed by atoms with van der Waals surface area (Å²) in [5.41, 5.74) is 5.83. The first-order valence-corrected chi connectivity index (χ1v) is 15.4. The number of carbonyl (C=O) groups is 1. The number of alkyl halides is 2. The van der Waals surface area contributed by atoms with Crippen LogP contribution < -0.4 is 9.64 Å². The summed E-state index contributed by atoms with van der Waals surface area (Å²) in [6.07, 6.45) is 0.191. The number of nitrogens with zero attached hydrogens (tertiary/aromatic N) is 2. The van der Waals surface area contributed by atoms with Crippen molar-refractivity contribution in [2.45, 2.75) is 38.8 Å². The highest BCUT2D eigenvalue weighted by atomic mass is 32.1. The first-order valence-electron chi connectivity index (χ1n) is 14.5. The quantitative estimate of drug-likeness (QED) is 0.118. The second-order valence-electron chi connectivity index (χ2n) is 10.4. The Morgan fingerprint density at radius 3 is 2.14 bits per heavy atom. The summed E-state index contributed by atoms with van der Waals surface area (Å²) in [7, 11) is 0. The van der Waals surface area contributed by atoms with Crippen molar-refractivity contribution in [1.29, 1.82) is 0 Å². The monoisotopic (exact) mass is 612 g/mol. The molecule has 5 nitrogen and oxygen atoms in total. The normalized spacial score (nSPS) is 11.2. The zero-order valence-corrected chi connectivity index (χ0v) is 25.3. The number of thiazole rings is 1. The Labute approximate surface area is 260 Å². The molecule has 0 unspecified atom stereocenters. The Balaban J connectivity index is 1.20. The van der Waals surface area contributed by atoms with E-state index in [4.69, 9.17) is 9.72 Å². The lowest BCUT2D eigenvalue weighted by Gasteiger charge is -2.22. The minimum absolute atomic E-state index is 0.0872. The van der Waals surface area contributed by atoms with Crippen molar-refractivity contribution >= 4 is 22.4 Å². The molecule has 0 fully saturated rings. The largest absolute Gasteiger partial charge is 0.489 e. The molecule has 0 atom stereocenters. The van der Waals surface area contributed by atoms with Crippen LogP contribution in [0.5, 0.6) is 5.75 Å². The van der Waals surface area contributed by atoms with Crippen LogP contribution in [0.3, 0.4) is 0 Å². The number of anilines is 1. The average molecular weight is 613 g/mol. The molecule has 0 aliphatic rings. The topological polar surface area (TPSA) is 51.7 Å². The third kappa shape index (κ3) is 8.51. The van der Waals surface area contributed by atoms with Crippen LogP contribution in [0, 0.1) is 0 Å². The molecule has 0 N–H and O–H groups in total. The van der Waals surface area contributed by atoms with Crippen molar-refractivity contribution in [1.82, 2.24) is 4.98 Å². The van der Waals surface area contributed by atoms with E-state index in [1.807, 2.05) is 36.4 Å². The minimum atomic E-state index is -3.57. The number of halogens is 2. The minimum Gasteiger partial charge on any atom is -0.489 e. The molecule has 0 aliphatic carbocycles. The molecule has 0 spiro atoms. The Morgan fingerprint density at radius 1 is 0.818 bits per heavy atom. The van der Waals surface area contributed by atoms with E-state index in [2.05, 4.69) is 63.5 Å². The van der Waals surface area contributed by atoms with E-state index in [9.17, 15) is 13.6 Å². The Bertz CT molecular complexity index is 1610. The second-order valence-corrected chi connectivity index (χ2v) is 11.2. The lowest BCUT2D eigenvalue weighted by atomic mass is 10.1. The lowest BCUT2D eigenvalue weighted by molar-refractivity contribution is -0.171. The number of esters is 1. The highest BCUT2D eigenvalue weighted by Crippen LogP contribution is 2.29. The van der Waals surface area contributed by atoms with Crippen LogP contribution in [-0.4, -0.2) is 30.0 Å². The highest BCUT2D eigenvalue weighted by Gasteiger charge is 2.40. The maximum Gasteiger partial charge on any atom is 0.377 e. The van der Waals surface area contributed by atoms with Gasteiger partial charge in [-0.1, -0.05) is 97.1 Å². The van der Waals surface area contributed by atoms with E-state index in [1.54, 1.807) is 23.5 Å². The summed E-state index contributed by atoms with van der Waals surface area (Å²) < 4.78 is 38.5. The predicted octanol–water partition coefficient (Wildman–Crippen LogP) is 8.38. The zero-order valence-electron chi connectivity index (χ0n) is 24.5. The number of aromatic nitrogens is 1. The maximum absolute atomic E-state index is 14.0. The molecule has 0 bridgehead atoms. The van der Waals surface area contributed by atoms with Crippen molar-refractivity contribution < 1.29 is 23.0 Å². The maximum atomic E-state index is 14.0. The van der Waals surface area contributed by atoms with E-state index in [1.165, 1.54) is 24.6 Å². The van der Waals surface area contributed by atoms with E-state index >= 15 is 0 Å². The van der Waals surface area contributed by atoms with Crippen molar-refractivity contribution in [2.75, 3.05) is 18.1 Å². The summed E-state index contributed by atoms with van der Waals surface area (Å²) in [6, 6.07) is 35.3. The molecule has 1 heterocycles. The number of benzene rings is 4. The van der Waals surface area contributed by atoms with Gasteiger partial charge in [-0.2, -0.15) is 8.78 Å². The molecule has 4 aromatic carbocycles. The number of carbonyl (C=O) groups excluding carboxylic acids is 1. The van der Waals surface area contributed by atoms with Gasteiger partial charge >= 0.3 is 11.9 Å². The third-order valence-electron chi connectivity index (χ3n) is 7.07.